The van der Waals surface area contributed by atoms with E-state index in [0.717, 1.165) is 11.3 Å². The van der Waals surface area contributed by atoms with Crippen molar-refractivity contribution in [2.24, 2.45) is 0 Å². The van der Waals surface area contributed by atoms with E-state index in [2.05, 4.69) is 0 Å². The monoisotopic (exact) mass is 344 g/mol. The van der Waals surface area contributed by atoms with Gasteiger partial charge in [0.1, 0.15) is 11.4 Å². The summed E-state index contributed by atoms with van der Waals surface area (Å²) in [6.07, 6.45) is 0.0266. The van der Waals surface area contributed by atoms with Crippen molar-refractivity contribution in [2.75, 3.05) is 0 Å². The number of fused-ring (bicyclic) bond motifs is 1. The molecule has 0 spiro atoms. The predicted octanol–water partition coefficient (Wildman–Crippen LogP) is 5.41. The molecule has 0 saturated carbocycles. The standard InChI is InChI=1S/C21H22F2O2/c1-20(2,3)25-16-10-8-14(9-11-16)12-15-13-21(22,23)19(24)18-7-5-4-6-17(15)18/h4-11,15H,12-13H2,1-3H3. The second-order valence-corrected chi connectivity index (χ2v) is 7.58. The van der Waals surface area contributed by atoms with Gasteiger partial charge in [0.05, 0.1) is 0 Å². The molecule has 0 saturated heterocycles. The lowest BCUT2D eigenvalue weighted by Crippen LogP contribution is -2.36. The van der Waals surface area contributed by atoms with E-state index in [9.17, 15) is 13.6 Å². The number of hydrogen-bond acceptors (Lipinski definition) is 2. The Bertz CT molecular complexity index is 773. The number of carbonyl (C=O) groups excluding carboxylic acids is 1. The van der Waals surface area contributed by atoms with Crippen LogP contribution < -0.4 is 4.74 Å². The molecule has 1 aliphatic rings. The molecule has 0 heterocycles. The van der Waals surface area contributed by atoms with Crippen molar-refractivity contribution in [1.82, 2.24) is 0 Å². The van der Waals surface area contributed by atoms with Gasteiger partial charge in [-0.1, -0.05) is 36.4 Å². The van der Waals surface area contributed by atoms with Crippen LogP contribution in [0.25, 0.3) is 0 Å². The molecule has 4 heteroatoms. The van der Waals surface area contributed by atoms with Crippen LogP contribution in [0.2, 0.25) is 0 Å². The van der Waals surface area contributed by atoms with Crippen LogP contribution in [0.5, 0.6) is 5.75 Å². The largest absolute Gasteiger partial charge is 0.488 e. The second kappa shape index (κ2) is 6.25. The molecule has 0 bridgehead atoms. The summed E-state index contributed by atoms with van der Waals surface area (Å²) in [5.41, 5.74) is 1.53. The molecule has 0 amide bonds. The first kappa shape index (κ1) is 17.6. The number of halogens is 2. The zero-order chi connectivity index (χ0) is 18.2. The van der Waals surface area contributed by atoms with Gasteiger partial charge in [-0.05, 0) is 56.4 Å². The van der Waals surface area contributed by atoms with Crippen molar-refractivity contribution >= 4 is 5.78 Å². The van der Waals surface area contributed by atoms with Crippen LogP contribution in [0.3, 0.4) is 0 Å². The number of hydrogen-bond donors (Lipinski definition) is 0. The van der Waals surface area contributed by atoms with Crippen molar-refractivity contribution in [3.63, 3.8) is 0 Å². The maximum Gasteiger partial charge on any atom is 0.310 e. The normalized spacial score (nSPS) is 19.4. The summed E-state index contributed by atoms with van der Waals surface area (Å²) < 4.78 is 34.0. The molecular weight excluding hydrogens is 322 g/mol. The highest BCUT2D eigenvalue weighted by atomic mass is 19.3. The number of benzene rings is 2. The number of carbonyl (C=O) groups is 1. The van der Waals surface area contributed by atoms with Gasteiger partial charge in [-0.3, -0.25) is 4.79 Å². The Morgan fingerprint density at radius 3 is 2.36 bits per heavy atom. The van der Waals surface area contributed by atoms with Crippen molar-refractivity contribution < 1.29 is 18.3 Å². The molecule has 2 aromatic carbocycles. The first-order valence-corrected chi connectivity index (χ1v) is 8.45. The van der Waals surface area contributed by atoms with Crippen LogP contribution in [0, 0.1) is 0 Å². The maximum absolute atomic E-state index is 14.1. The van der Waals surface area contributed by atoms with Gasteiger partial charge in [0.2, 0.25) is 5.78 Å². The smallest absolute Gasteiger partial charge is 0.310 e. The quantitative estimate of drug-likeness (QED) is 0.744. The average Bonchev–Trinajstić information content (AvgIpc) is 2.53. The molecule has 0 N–H and O–H groups in total. The minimum Gasteiger partial charge on any atom is -0.488 e. The molecule has 1 unspecified atom stereocenters. The van der Waals surface area contributed by atoms with Gasteiger partial charge >= 0.3 is 5.92 Å². The molecule has 0 aromatic heterocycles. The Labute approximate surface area is 146 Å². The molecule has 3 rings (SSSR count). The molecule has 0 radical (unpaired) electrons. The predicted molar refractivity (Wildman–Crippen MR) is 93.6 cm³/mol. The molecule has 1 aliphatic carbocycles. The number of alkyl halides is 2. The van der Waals surface area contributed by atoms with Crippen molar-refractivity contribution in [3.8, 4) is 5.75 Å². The van der Waals surface area contributed by atoms with Gasteiger partial charge in [0, 0.05) is 12.0 Å². The molecular formula is C21H22F2O2. The van der Waals surface area contributed by atoms with Gasteiger partial charge < -0.3 is 4.74 Å². The lowest BCUT2D eigenvalue weighted by molar-refractivity contribution is -0.00353. The fourth-order valence-electron chi connectivity index (χ4n) is 3.28. The molecule has 132 valence electrons. The van der Waals surface area contributed by atoms with Gasteiger partial charge in [-0.25, -0.2) is 0 Å². The first-order valence-electron chi connectivity index (χ1n) is 8.45. The SMILES string of the molecule is CC(C)(C)Oc1ccc(CC2CC(F)(F)C(=O)c3ccccc32)cc1. The van der Waals surface area contributed by atoms with Crippen molar-refractivity contribution in [3.05, 3.63) is 65.2 Å². The van der Waals surface area contributed by atoms with Gasteiger partial charge in [0.15, 0.2) is 0 Å². The molecule has 1 atom stereocenters. The summed E-state index contributed by atoms with van der Waals surface area (Å²) in [6.45, 7) is 5.91. The highest BCUT2D eigenvalue weighted by molar-refractivity contribution is 6.03. The lowest BCUT2D eigenvalue weighted by atomic mass is 9.77. The number of rotatable bonds is 3. The van der Waals surface area contributed by atoms with E-state index in [1.807, 2.05) is 45.0 Å². The summed E-state index contributed by atoms with van der Waals surface area (Å²) in [4.78, 5) is 11.9. The Balaban J connectivity index is 1.83. The third-order valence-electron chi connectivity index (χ3n) is 4.31. The first-order chi connectivity index (χ1) is 11.7. The molecule has 25 heavy (non-hydrogen) atoms. The zero-order valence-corrected chi connectivity index (χ0v) is 14.7. The highest BCUT2D eigenvalue weighted by Gasteiger charge is 2.47. The maximum atomic E-state index is 14.1. The number of ether oxygens (including phenoxy) is 1. The van der Waals surface area contributed by atoms with Crippen LogP contribution in [0.4, 0.5) is 8.78 Å². The van der Waals surface area contributed by atoms with Crippen molar-refractivity contribution in [1.29, 1.82) is 0 Å². The Hall–Kier alpha value is -2.23. The zero-order valence-electron chi connectivity index (χ0n) is 14.7. The van der Waals surface area contributed by atoms with E-state index in [1.165, 1.54) is 6.07 Å². The lowest BCUT2D eigenvalue weighted by Gasteiger charge is -2.30. The fraction of sp³-hybridized carbons (Fsp3) is 0.381. The van der Waals surface area contributed by atoms with E-state index in [1.54, 1.807) is 18.2 Å². The van der Waals surface area contributed by atoms with E-state index in [4.69, 9.17) is 4.74 Å². The van der Waals surface area contributed by atoms with Crippen LogP contribution in [-0.2, 0) is 6.42 Å². The Morgan fingerprint density at radius 1 is 1.08 bits per heavy atom. The number of Topliss-reactive ketones (excluding diaryl/α,β-unsaturated/α-hetero) is 1. The Morgan fingerprint density at radius 2 is 1.72 bits per heavy atom. The van der Waals surface area contributed by atoms with Crippen LogP contribution in [-0.4, -0.2) is 17.3 Å². The molecule has 0 fully saturated rings. The summed E-state index contributed by atoms with van der Waals surface area (Å²) in [5.74, 6) is -3.98. The third-order valence-corrected chi connectivity index (χ3v) is 4.31. The minimum atomic E-state index is -3.30. The highest BCUT2D eigenvalue weighted by Crippen LogP contribution is 2.41. The van der Waals surface area contributed by atoms with Crippen LogP contribution in [0.15, 0.2) is 48.5 Å². The fourth-order valence-corrected chi connectivity index (χ4v) is 3.28. The number of ketones is 1. The van der Waals surface area contributed by atoms with E-state index >= 15 is 0 Å². The van der Waals surface area contributed by atoms with E-state index in [-0.39, 0.29) is 17.1 Å². The summed E-state index contributed by atoms with van der Waals surface area (Å²) in [6, 6.07) is 14.2. The average molecular weight is 344 g/mol. The van der Waals surface area contributed by atoms with E-state index in [0.29, 0.717) is 12.0 Å². The molecule has 2 aromatic rings. The van der Waals surface area contributed by atoms with E-state index < -0.39 is 18.1 Å². The van der Waals surface area contributed by atoms with Crippen LogP contribution >= 0.6 is 0 Å². The third kappa shape index (κ3) is 3.89. The summed E-state index contributed by atoms with van der Waals surface area (Å²) in [7, 11) is 0. The molecule has 0 aliphatic heterocycles. The Kier molecular flexibility index (Phi) is 4.40. The minimum absolute atomic E-state index is 0.149. The summed E-state index contributed by atoms with van der Waals surface area (Å²) >= 11 is 0. The van der Waals surface area contributed by atoms with Crippen molar-refractivity contribution in [2.45, 2.75) is 51.1 Å². The second-order valence-electron chi connectivity index (χ2n) is 7.58. The van der Waals surface area contributed by atoms with Gasteiger partial charge in [-0.2, -0.15) is 8.78 Å². The van der Waals surface area contributed by atoms with Gasteiger partial charge in [-0.15, -0.1) is 0 Å². The van der Waals surface area contributed by atoms with Gasteiger partial charge in [0.25, 0.3) is 0 Å². The molecule has 2 nitrogen and oxygen atoms in total. The van der Waals surface area contributed by atoms with Crippen LogP contribution in [0.1, 0.15) is 54.6 Å². The topological polar surface area (TPSA) is 26.3 Å². The summed E-state index contributed by atoms with van der Waals surface area (Å²) in [5, 5.41) is 0.